The summed E-state index contributed by atoms with van der Waals surface area (Å²) in [5, 5.41) is 9.76. The van der Waals surface area contributed by atoms with Gasteiger partial charge in [0.05, 0.1) is 17.2 Å². The Morgan fingerprint density at radius 1 is 1.06 bits per heavy atom. The van der Waals surface area contributed by atoms with Crippen LogP contribution in [0.1, 0.15) is 43.8 Å². The quantitative estimate of drug-likeness (QED) is 0.519. The molecule has 1 saturated heterocycles. The van der Waals surface area contributed by atoms with E-state index in [1.165, 1.54) is 28.0 Å². The number of amides is 2. The predicted molar refractivity (Wildman–Crippen MR) is 130 cm³/mol. The second-order valence-corrected chi connectivity index (χ2v) is 8.77. The Bertz CT molecular complexity index is 1370. The third kappa shape index (κ3) is 4.57. The van der Waals surface area contributed by atoms with Crippen molar-refractivity contribution in [3.05, 3.63) is 106 Å². The molecule has 2 aliphatic heterocycles. The summed E-state index contributed by atoms with van der Waals surface area (Å²) in [6.07, 6.45) is 0.992. The molecule has 0 aromatic heterocycles. The van der Waals surface area contributed by atoms with Gasteiger partial charge in [0, 0.05) is 25.2 Å². The molecule has 0 aliphatic carbocycles. The van der Waals surface area contributed by atoms with Gasteiger partial charge in [-0.1, -0.05) is 54.6 Å². The number of benzene rings is 3. The van der Waals surface area contributed by atoms with Crippen LogP contribution in [0.3, 0.4) is 0 Å². The molecule has 0 radical (unpaired) electrons. The van der Waals surface area contributed by atoms with E-state index >= 15 is 0 Å². The van der Waals surface area contributed by atoms with E-state index in [9.17, 15) is 23.9 Å². The van der Waals surface area contributed by atoms with E-state index in [2.05, 4.69) is 0 Å². The van der Waals surface area contributed by atoms with Gasteiger partial charge in [-0.25, -0.2) is 14.0 Å². The number of hydrogen-bond donors (Lipinski definition) is 1. The maximum absolute atomic E-state index is 14.7. The number of carbonyl (C=O) groups excluding carboxylic acids is 2. The molecule has 36 heavy (non-hydrogen) atoms. The molecular formula is C28H23FN2O5. The number of halogens is 1. The maximum Gasteiger partial charge on any atom is 0.407 e. The first kappa shape index (κ1) is 23.3. The van der Waals surface area contributed by atoms with Crippen molar-refractivity contribution in [1.82, 2.24) is 9.80 Å². The lowest BCUT2D eigenvalue weighted by Gasteiger charge is -2.26. The topological polar surface area (TPSA) is 87.2 Å². The summed E-state index contributed by atoms with van der Waals surface area (Å²) in [5.74, 6) is -1.31. The molecule has 2 aliphatic rings. The van der Waals surface area contributed by atoms with Crippen LogP contribution in [0, 0.1) is 5.82 Å². The molecule has 182 valence electrons. The number of hydrogen-bond acceptors (Lipinski definition) is 4. The molecular weight excluding hydrogens is 463 g/mol. The summed E-state index contributed by atoms with van der Waals surface area (Å²) >= 11 is 0. The van der Waals surface area contributed by atoms with Crippen molar-refractivity contribution in [3.8, 4) is 0 Å². The molecule has 3 aromatic rings. The van der Waals surface area contributed by atoms with Crippen LogP contribution in [0.5, 0.6) is 0 Å². The van der Waals surface area contributed by atoms with Gasteiger partial charge in [-0.3, -0.25) is 9.69 Å². The zero-order valence-electron chi connectivity index (χ0n) is 19.3. The summed E-state index contributed by atoms with van der Waals surface area (Å²) < 4.78 is 20.1. The molecule has 2 heterocycles. The fourth-order valence-electron chi connectivity index (χ4n) is 4.63. The highest BCUT2D eigenvalue weighted by Gasteiger charge is 2.34. The summed E-state index contributed by atoms with van der Waals surface area (Å²) in [6.45, 7) is 0.700. The van der Waals surface area contributed by atoms with E-state index < -0.39 is 29.8 Å². The summed E-state index contributed by atoms with van der Waals surface area (Å²) in [5.41, 5.74) is 2.32. The number of carbonyl (C=O) groups is 3. The first-order valence-corrected chi connectivity index (χ1v) is 11.6. The van der Waals surface area contributed by atoms with Gasteiger partial charge in [0.15, 0.2) is 0 Å². The molecule has 0 spiro atoms. The van der Waals surface area contributed by atoms with E-state index in [1.54, 1.807) is 30.3 Å². The minimum Gasteiger partial charge on any atom is -0.465 e. The monoisotopic (exact) mass is 486 g/mol. The second-order valence-electron chi connectivity index (χ2n) is 8.77. The van der Waals surface area contributed by atoms with Gasteiger partial charge >= 0.3 is 12.1 Å². The normalized spacial score (nSPS) is 17.7. The molecule has 8 heteroatoms. The van der Waals surface area contributed by atoms with Crippen LogP contribution in [0.4, 0.5) is 9.18 Å². The molecule has 1 fully saturated rings. The largest absolute Gasteiger partial charge is 0.465 e. The Hall–Kier alpha value is -4.46. The van der Waals surface area contributed by atoms with Gasteiger partial charge in [-0.15, -0.1) is 0 Å². The number of cyclic esters (lactones) is 1. The standard InChI is InChI=1S/C28H23FN2O5/c29-24-11-10-19(15-25-21-8-4-5-9-22(21)27(33)36-25)14-23(24)26(32)30-13-12-20(17-30)31(28(34)35)16-18-6-2-1-3-7-18/h1-11,14-15,20H,12-13,16-17H2,(H,34,35)/t20-/m1/s1. The van der Waals surface area contributed by atoms with Crippen LogP contribution in [-0.2, 0) is 11.3 Å². The lowest BCUT2D eigenvalue weighted by Crippen LogP contribution is -2.41. The number of ether oxygens (including phenoxy) is 1. The Morgan fingerprint density at radius 3 is 2.53 bits per heavy atom. The van der Waals surface area contributed by atoms with Crippen molar-refractivity contribution in [2.75, 3.05) is 13.1 Å². The van der Waals surface area contributed by atoms with Crippen molar-refractivity contribution in [1.29, 1.82) is 0 Å². The highest BCUT2D eigenvalue weighted by molar-refractivity contribution is 6.05. The van der Waals surface area contributed by atoms with E-state index in [0.29, 0.717) is 35.4 Å². The Labute approximate surface area is 207 Å². The van der Waals surface area contributed by atoms with Gasteiger partial charge in [-0.05, 0) is 41.8 Å². The van der Waals surface area contributed by atoms with Gasteiger partial charge in [0.2, 0.25) is 0 Å². The SMILES string of the molecule is O=C1OC(=Cc2ccc(F)c(C(=O)N3CC[C@@H](N(Cc4ccccc4)C(=O)O)C3)c2)c2ccccc21. The van der Waals surface area contributed by atoms with Crippen LogP contribution in [0.15, 0.2) is 72.8 Å². The van der Waals surface area contributed by atoms with Crippen LogP contribution >= 0.6 is 0 Å². The molecule has 1 N–H and O–H groups in total. The van der Waals surface area contributed by atoms with Crippen LogP contribution in [0.2, 0.25) is 0 Å². The highest BCUT2D eigenvalue weighted by Crippen LogP contribution is 2.31. The van der Waals surface area contributed by atoms with Crippen molar-refractivity contribution >= 4 is 29.8 Å². The lowest BCUT2D eigenvalue weighted by atomic mass is 10.0. The maximum atomic E-state index is 14.7. The van der Waals surface area contributed by atoms with Crippen molar-refractivity contribution in [2.24, 2.45) is 0 Å². The Morgan fingerprint density at radius 2 is 1.78 bits per heavy atom. The van der Waals surface area contributed by atoms with E-state index in [4.69, 9.17) is 4.74 Å². The Balaban J connectivity index is 1.34. The molecule has 0 unspecified atom stereocenters. The number of esters is 1. The van der Waals surface area contributed by atoms with Gasteiger partial charge in [0.25, 0.3) is 5.91 Å². The van der Waals surface area contributed by atoms with Crippen LogP contribution in [0.25, 0.3) is 11.8 Å². The zero-order valence-corrected chi connectivity index (χ0v) is 19.3. The summed E-state index contributed by atoms with van der Waals surface area (Å²) in [6, 6.07) is 19.9. The smallest absolute Gasteiger partial charge is 0.407 e. The number of likely N-dealkylation sites (tertiary alicyclic amines) is 1. The number of nitrogens with zero attached hydrogens (tertiary/aromatic N) is 2. The molecule has 0 bridgehead atoms. The Kier molecular flexibility index (Phi) is 6.25. The average Bonchev–Trinajstić information content (AvgIpc) is 3.49. The van der Waals surface area contributed by atoms with E-state index in [-0.39, 0.29) is 18.7 Å². The molecule has 7 nitrogen and oxygen atoms in total. The second kappa shape index (κ2) is 9.65. The molecule has 5 rings (SSSR count). The zero-order chi connectivity index (χ0) is 25.2. The van der Waals surface area contributed by atoms with Crippen LogP contribution < -0.4 is 0 Å². The third-order valence-electron chi connectivity index (χ3n) is 6.47. The minimum absolute atomic E-state index is 0.118. The summed E-state index contributed by atoms with van der Waals surface area (Å²) in [4.78, 5) is 40.0. The fraction of sp³-hybridized carbons (Fsp3) is 0.179. The van der Waals surface area contributed by atoms with Crippen LogP contribution in [-0.4, -0.2) is 52.0 Å². The van der Waals surface area contributed by atoms with Gasteiger partial charge < -0.3 is 14.7 Å². The minimum atomic E-state index is -1.07. The first-order chi connectivity index (χ1) is 17.4. The van der Waals surface area contributed by atoms with Gasteiger partial charge in [0.1, 0.15) is 11.6 Å². The lowest BCUT2D eigenvalue weighted by molar-refractivity contribution is 0.0715. The molecule has 3 aromatic carbocycles. The number of rotatable bonds is 5. The predicted octanol–water partition coefficient (Wildman–Crippen LogP) is 4.89. The highest BCUT2D eigenvalue weighted by atomic mass is 19.1. The average molecular weight is 486 g/mol. The van der Waals surface area contributed by atoms with Crippen molar-refractivity contribution in [3.63, 3.8) is 0 Å². The third-order valence-corrected chi connectivity index (χ3v) is 6.47. The molecule has 0 saturated carbocycles. The van der Waals surface area contributed by atoms with Crippen molar-refractivity contribution < 1.29 is 28.6 Å². The first-order valence-electron chi connectivity index (χ1n) is 11.6. The molecule has 2 amide bonds. The van der Waals surface area contributed by atoms with Gasteiger partial charge in [-0.2, -0.15) is 0 Å². The van der Waals surface area contributed by atoms with E-state index in [0.717, 1.165) is 5.56 Å². The number of fused-ring (bicyclic) bond motifs is 1. The summed E-state index contributed by atoms with van der Waals surface area (Å²) in [7, 11) is 0. The fourth-order valence-corrected chi connectivity index (χ4v) is 4.63. The number of carboxylic acid groups (broad SMARTS) is 1. The van der Waals surface area contributed by atoms with Crippen molar-refractivity contribution in [2.45, 2.75) is 19.0 Å². The molecule has 1 atom stereocenters. The van der Waals surface area contributed by atoms with E-state index in [1.807, 2.05) is 30.3 Å².